The van der Waals surface area contributed by atoms with E-state index in [1.807, 2.05) is 123 Å². The summed E-state index contributed by atoms with van der Waals surface area (Å²) in [5.74, 6) is -1.31. The molecule has 0 saturated heterocycles. The standard InChI is InChI=1S/C58H48O4P2/c1-45-37-41-53(42-38-45)63(47-23-9-3-10-24-47,48-25-11-4-12-26-48,49-27-13-5-14-28-49)61-57(59)55-35-21-22-36-56(55)58(60)62-64(50-29-15-6-16-30-50,51-31-17-7-18-32-51,52-33-19-8-20-34-52)54-43-39-46(2)40-44-54/h3-44H,1-2H3. The van der Waals surface area contributed by atoms with Gasteiger partial charge in [-0.05, 0) is 0 Å². The van der Waals surface area contributed by atoms with E-state index in [1.54, 1.807) is 24.3 Å². The van der Waals surface area contributed by atoms with Crippen LogP contribution in [0.5, 0.6) is 0 Å². The van der Waals surface area contributed by atoms with Crippen LogP contribution in [0, 0.1) is 13.8 Å². The van der Waals surface area contributed by atoms with Crippen LogP contribution in [0.3, 0.4) is 0 Å². The van der Waals surface area contributed by atoms with Crippen LogP contribution < -0.4 is 42.4 Å². The van der Waals surface area contributed by atoms with E-state index in [4.69, 9.17) is 9.05 Å². The van der Waals surface area contributed by atoms with Gasteiger partial charge in [-0.2, -0.15) is 0 Å². The van der Waals surface area contributed by atoms with Crippen LogP contribution in [-0.2, 0) is 9.05 Å². The minimum atomic E-state index is -4.50. The Morgan fingerprint density at radius 2 is 0.453 bits per heavy atom. The summed E-state index contributed by atoms with van der Waals surface area (Å²) in [7, 11) is 0. The van der Waals surface area contributed by atoms with E-state index in [-0.39, 0.29) is 11.1 Å². The van der Waals surface area contributed by atoms with Crippen LogP contribution in [0.1, 0.15) is 31.8 Å². The van der Waals surface area contributed by atoms with Gasteiger partial charge in [-0.25, -0.2) is 0 Å². The first-order chi connectivity index (χ1) is 31.3. The normalized spacial score (nSPS) is 12.7. The molecule has 64 heavy (non-hydrogen) atoms. The second-order valence-corrected chi connectivity index (χ2v) is 24.7. The summed E-state index contributed by atoms with van der Waals surface area (Å²) in [6.07, 6.45) is 0. The Kier molecular flexibility index (Phi) is 11.3. The molecule has 4 nitrogen and oxygen atoms in total. The van der Waals surface area contributed by atoms with Gasteiger partial charge >= 0.3 is 378 Å². The molecule has 0 unspecified atom stereocenters. The van der Waals surface area contributed by atoms with Gasteiger partial charge in [0.05, 0.1) is 0 Å². The van der Waals surface area contributed by atoms with Crippen molar-refractivity contribution in [3.05, 3.63) is 277 Å². The Labute approximate surface area is 375 Å². The number of benzene rings is 9. The van der Waals surface area contributed by atoms with Gasteiger partial charge in [0.15, 0.2) is 0 Å². The number of hydrogen-bond acceptors (Lipinski definition) is 4. The van der Waals surface area contributed by atoms with Gasteiger partial charge in [0.1, 0.15) is 0 Å². The van der Waals surface area contributed by atoms with E-state index < -0.39 is 25.6 Å². The van der Waals surface area contributed by atoms with Crippen LogP contribution in [0.4, 0.5) is 0 Å². The number of aryl methyl sites for hydroxylation is 2. The summed E-state index contributed by atoms with van der Waals surface area (Å²) in [6, 6.07) is 83.8. The van der Waals surface area contributed by atoms with Gasteiger partial charge in [-0.15, -0.1) is 0 Å². The van der Waals surface area contributed by atoms with Crippen molar-refractivity contribution in [1.82, 2.24) is 0 Å². The van der Waals surface area contributed by atoms with Crippen LogP contribution >= 0.6 is 13.7 Å². The molecule has 0 aliphatic rings. The predicted molar refractivity (Wildman–Crippen MR) is 269 cm³/mol. The van der Waals surface area contributed by atoms with Gasteiger partial charge in [-0.3, -0.25) is 0 Å². The average molecular weight is 871 g/mol. The first-order valence-corrected chi connectivity index (χ1v) is 25.7. The second-order valence-electron chi connectivity index (χ2n) is 16.1. The molecule has 0 radical (unpaired) electrons. The zero-order chi connectivity index (χ0) is 44.1. The summed E-state index contributed by atoms with van der Waals surface area (Å²) in [6.45, 7) is -4.90. The second kappa shape index (κ2) is 17.2. The summed E-state index contributed by atoms with van der Waals surface area (Å²) < 4.78 is 15.2. The Bertz CT molecular complexity index is 2630. The van der Waals surface area contributed by atoms with Gasteiger partial charge in [0, 0.05) is 0 Å². The topological polar surface area (TPSA) is 52.6 Å². The average Bonchev–Trinajstić information content (AvgIpc) is 3.37. The molecular formula is C58H48O4P2. The Morgan fingerprint density at radius 3 is 0.672 bits per heavy atom. The van der Waals surface area contributed by atoms with Crippen molar-refractivity contribution in [2.75, 3.05) is 0 Å². The molecule has 9 rings (SSSR count). The predicted octanol–water partition coefficient (Wildman–Crippen LogP) is 10.2. The third-order valence-electron chi connectivity index (χ3n) is 12.4. The summed E-state index contributed by atoms with van der Waals surface area (Å²) in [5.41, 5.74) is 2.32. The first-order valence-electron chi connectivity index (χ1n) is 21.4. The van der Waals surface area contributed by atoms with E-state index in [2.05, 4.69) is 121 Å². The van der Waals surface area contributed by atoms with Crippen LogP contribution in [0.15, 0.2) is 255 Å². The molecule has 0 fully saturated rings. The van der Waals surface area contributed by atoms with Crippen molar-refractivity contribution in [2.45, 2.75) is 13.8 Å². The molecule has 0 aliphatic heterocycles. The molecule has 0 amide bonds. The number of hydrogen-bond donors (Lipinski definition) is 0. The van der Waals surface area contributed by atoms with Crippen molar-refractivity contribution >= 4 is 68.0 Å². The maximum absolute atomic E-state index is 15.9. The number of carbonyl (C=O) groups is 2. The van der Waals surface area contributed by atoms with Crippen molar-refractivity contribution in [2.24, 2.45) is 0 Å². The molecule has 9 aromatic rings. The van der Waals surface area contributed by atoms with Crippen LogP contribution in [0.2, 0.25) is 0 Å². The van der Waals surface area contributed by atoms with E-state index >= 15 is 9.59 Å². The van der Waals surface area contributed by atoms with Gasteiger partial charge < -0.3 is 0 Å². The monoisotopic (exact) mass is 870 g/mol. The fourth-order valence-electron chi connectivity index (χ4n) is 9.41. The molecule has 0 bridgehead atoms. The van der Waals surface area contributed by atoms with E-state index in [1.165, 1.54) is 0 Å². The Morgan fingerprint density at radius 1 is 0.266 bits per heavy atom. The Hall–Kier alpha value is -7.22. The zero-order valence-corrected chi connectivity index (χ0v) is 37.6. The third kappa shape index (κ3) is 6.53. The fourth-order valence-corrected chi connectivity index (χ4v) is 20.6. The summed E-state index contributed by atoms with van der Waals surface area (Å²) in [4.78, 5) is 31.9. The molecule has 0 spiro atoms. The molecule has 0 saturated carbocycles. The Balaban J connectivity index is 1.32. The zero-order valence-electron chi connectivity index (χ0n) is 35.8. The quantitative estimate of drug-likeness (QED) is 0.115. The summed E-state index contributed by atoms with van der Waals surface area (Å²) >= 11 is 0. The van der Waals surface area contributed by atoms with E-state index in [0.717, 1.165) is 53.6 Å². The molecule has 314 valence electrons. The molecule has 0 aliphatic carbocycles. The van der Waals surface area contributed by atoms with E-state index in [0.29, 0.717) is 0 Å². The van der Waals surface area contributed by atoms with Crippen molar-refractivity contribution in [3.8, 4) is 0 Å². The summed E-state index contributed by atoms with van der Waals surface area (Å²) in [5, 5.41) is 6.71. The van der Waals surface area contributed by atoms with Crippen molar-refractivity contribution in [1.29, 1.82) is 0 Å². The molecule has 0 aromatic heterocycles. The molecule has 0 atom stereocenters. The van der Waals surface area contributed by atoms with Gasteiger partial charge in [0.2, 0.25) is 0 Å². The number of rotatable bonds is 12. The molecule has 0 heterocycles. The van der Waals surface area contributed by atoms with Crippen molar-refractivity contribution < 1.29 is 18.6 Å². The van der Waals surface area contributed by atoms with Crippen molar-refractivity contribution in [3.63, 3.8) is 0 Å². The van der Waals surface area contributed by atoms with Crippen LogP contribution in [-0.4, -0.2) is 11.9 Å². The molecular weight excluding hydrogens is 823 g/mol. The van der Waals surface area contributed by atoms with Gasteiger partial charge in [0.25, 0.3) is 0 Å². The van der Waals surface area contributed by atoms with Gasteiger partial charge in [-0.1, -0.05) is 0 Å². The molecule has 0 N–H and O–H groups in total. The molecule has 6 heteroatoms. The van der Waals surface area contributed by atoms with E-state index in [9.17, 15) is 0 Å². The minimum absolute atomic E-state index is 0.0890. The third-order valence-corrected chi connectivity index (χ3v) is 23.8. The maximum atomic E-state index is 15.9. The van der Waals surface area contributed by atoms with Crippen LogP contribution in [0.25, 0.3) is 0 Å². The first kappa shape index (κ1) is 42.1. The number of carbonyl (C=O) groups excluding carboxylic acids is 2. The fraction of sp³-hybridized carbons (Fsp3) is 0.0345. The SMILES string of the molecule is Cc1ccc(P(OC(=O)c2ccccc2C(=O)OP(c2ccccc2)(c2ccccc2)(c2ccccc2)c2ccc(C)cc2)(c2ccccc2)(c2ccccc2)c2ccccc2)cc1. The molecule has 9 aromatic carbocycles.